The van der Waals surface area contributed by atoms with Crippen molar-refractivity contribution in [1.82, 2.24) is 4.90 Å². The minimum atomic E-state index is -0.654. The summed E-state index contributed by atoms with van der Waals surface area (Å²) in [6, 6.07) is 13.8. The summed E-state index contributed by atoms with van der Waals surface area (Å²) in [4.78, 5) is 29.4. The van der Waals surface area contributed by atoms with Gasteiger partial charge in [0, 0.05) is 23.0 Å². The Bertz CT molecular complexity index is 1060. The van der Waals surface area contributed by atoms with Crippen LogP contribution in [0.25, 0.3) is 5.76 Å². The SMILES string of the molecule is CCCOc1ccc([C@H]2C(=C(O)c3ccc(Br)cc3)C(=O)C(=O)N2CCC[NH+]2CCOCC2)cc1. The van der Waals surface area contributed by atoms with Gasteiger partial charge in [0.05, 0.1) is 38.0 Å². The van der Waals surface area contributed by atoms with Gasteiger partial charge in [-0.05, 0) is 36.2 Å². The highest BCUT2D eigenvalue weighted by Gasteiger charge is 2.45. The van der Waals surface area contributed by atoms with E-state index in [0.717, 1.165) is 61.5 Å². The predicted octanol–water partition coefficient (Wildman–Crippen LogP) is 2.96. The third-order valence-corrected chi connectivity index (χ3v) is 6.98. The van der Waals surface area contributed by atoms with Crippen LogP contribution in [0.2, 0.25) is 0 Å². The molecule has 4 rings (SSSR count). The summed E-state index contributed by atoms with van der Waals surface area (Å²) in [5, 5.41) is 11.2. The summed E-state index contributed by atoms with van der Waals surface area (Å²) in [6.07, 6.45) is 1.66. The van der Waals surface area contributed by atoms with Crippen molar-refractivity contribution in [3.05, 3.63) is 69.7 Å². The fraction of sp³-hybridized carbons (Fsp3) is 0.407. The van der Waals surface area contributed by atoms with Gasteiger partial charge in [0.2, 0.25) is 0 Å². The molecule has 2 fully saturated rings. The smallest absolute Gasteiger partial charge is 0.295 e. The topological polar surface area (TPSA) is 80.5 Å². The van der Waals surface area contributed by atoms with Gasteiger partial charge in [0.25, 0.3) is 11.7 Å². The number of halogens is 1. The number of morpholine rings is 1. The van der Waals surface area contributed by atoms with Crippen LogP contribution in [0.4, 0.5) is 0 Å². The van der Waals surface area contributed by atoms with Crippen molar-refractivity contribution >= 4 is 33.4 Å². The normalized spacial score (nSPS) is 20.4. The van der Waals surface area contributed by atoms with E-state index < -0.39 is 17.7 Å². The fourth-order valence-corrected chi connectivity index (χ4v) is 4.86. The number of Topliss-reactive ketones (excluding diaryl/α,β-unsaturated/α-hetero) is 1. The predicted molar refractivity (Wildman–Crippen MR) is 136 cm³/mol. The van der Waals surface area contributed by atoms with Crippen LogP contribution in [0.1, 0.15) is 36.9 Å². The lowest BCUT2D eigenvalue weighted by Crippen LogP contribution is -3.14. The lowest BCUT2D eigenvalue weighted by atomic mass is 9.95. The molecule has 1 atom stereocenters. The monoisotopic (exact) mass is 543 g/mol. The molecule has 0 spiro atoms. The highest BCUT2D eigenvalue weighted by atomic mass is 79.9. The molecule has 2 aliphatic rings. The number of likely N-dealkylation sites (tertiary alicyclic amines) is 1. The van der Waals surface area contributed by atoms with Crippen LogP contribution < -0.4 is 9.64 Å². The highest BCUT2D eigenvalue weighted by Crippen LogP contribution is 2.40. The Labute approximate surface area is 214 Å². The number of hydrogen-bond donors (Lipinski definition) is 2. The van der Waals surface area contributed by atoms with E-state index in [-0.39, 0.29) is 11.3 Å². The highest BCUT2D eigenvalue weighted by molar-refractivity contribution is 9.10. The van der Waals surface area contributed by atoms with Gasteiger partial charge in [-0.3, -0.25) is 9.59 Å². The second-order valence-electron chi connectivity index (χ2n) is 8.88. The van der Waals surface area contributed by atoms with Crippen LogP contribution in [-0.2, 0) is 14.3 Å². The maximum absolute atomic E-state index is 13.2. The van der Waals surface area contributed by atoms with Gasteiger partial charge >= 0.3 is 0 Å². The Balaban J connectivity index is 1.64. The number of quaternary nitrogens is 1. The Hall–Kier alpha value is -2.68. The zero-order chi connectivity index (χ0) is 24.8. The number of ketones is 1. The first-order valence-electron chi connectivity index (χ1n) is 12.2. The number of amides is 1. The van der Waals surface area contributed by atoms with E-state index in [1.54, 1.807) is 29.2 Å². The van der Waals surface area contributed by atoms with Crippen molar-refractivity contribution in [2.45, 2.75) is 25.8 Å². The van der Waals surface area contributed by atoms with E-state index in [2.05, 4.69) is 15.9 Å². The minimum absolute atomic E-state index is 0.123. The Morgan fingerprint density at radius 1 is 1.11 bits per heavy atom. The van der Waals surface area contributed by atoms with E-state index in [1.165, 1.54) is 4.90 Å². The van der Waals surface area contributed by atoms with Gasteiger partial charge in [-0.15, -0.1) is 0 Å². The molecular weight excluding hydrogens is 512 g/mol. The van der Waals surface area contributed by atoms with Crippen LogP contribution in [-0.4, -0.2) is 67.7 Å². The van der Waals surface area contributed by atoms with Crippen molar-refractivity contribution in [3.63, 3.8) is 0 Å². The van der Waals surface area contributed by atoms with Crippen LogP contribution in [0.3, 0.4) is 0 Å². The number of carbonyl (C=O) groups is 2. The van der Waals surface area contributed by atoms with E-state index in [4.69, 9.17) is 9.47 Å². The van der Waals surface area contributed by atoms with Crippen LogP contribution in [0.5, 0.6) is 5.75 Å². The summed E-state index contributed by atoms with van der Waals surface area (Å²) in [6.45, 7) is 7.39. The lowest BCUT2D eigenvalue weighted by Gasteiger charge is -2.27. The Morgan fingerprint density at radius 3 is 2.46 bits per heavy atom. The van der Waals surface area contributed by atoms with Gasteiger partial charge in [-0.25, -0.2) is 0 Å². The summed E-state index contributed by atoms with van der Waals surface area (Å²) >= 11 is 3.39. The molecule has 0 unspecified atom stereocenters. The molecule has 2 aromatic carbocycles. The first-order chi connectivity index (χ1) is 17.0. The minimum Gasteiger partial charge on any atom is -0.507 e. The number of benzene rings is 2. The molecule has 8 heteroatoms. The molecule has 2 N–H and O–H groups in total. The fourth-order valence-electron chi connectivity index (χ4n) is 4.60. The molecule has 186 valence electrons. The number of rotatable bonds is 9. The van der Waals surface area contributed by atoms with Gasteiger partial charge in [-0.2, -0.15) is 0 Å². The van der Waals surface area contributed by atoms with Gasteiger partial charge in [0.15, 0.2) is 0 Å². The molecule has 0 aliphatic carbocycles. The van der Waals surface area contributed by atoms with Crippen LogP contribution in [0.15, 0.2) is 58.6 Å². The van der Waals surface area contributed by atoms with Crippen LogP contribution >= 0.6 is 15.9 Å². The van der Waals surface area contributed by atoms with Gasteiger partial charge in [-0.1, -0.05) is 47.1 Å². The van der Waals surface area contributed by atoms with Crippen molar-refractivity contribution in [1.29, 1.82) is 0 Å². The van der Waals surface area contributed by atoms with Crippen molar-refractivity contribution in [2.24, 2.45) is 0 Å². The molecule has 7 nitrogen and oxygen atoms in total. The van der Waals surface area contributed by atoms with Crippen LogP contribution in [0, 0.1) is 0 Å². The lowest BCUT2D eigenvalue weighted by molar-refractivity contribution is -0.908. The van der Waals surface area contributed by atoms with E-state index in [0.29, 0.717) is 18.7 Å². The third-order valence-electron chi connectivity index (χ3n) is 6.46. The molecule has 2 aliphatic heterocycles. The van der Waals surface area contributed by atoms with Gasteiger partial charge in [0.1, 0.15) is 24.6 Å². The second kappa shape index (κ2) is 11.8. The number of aliphatic hydroxyl groups is 1. The largest absolute Gasteiger partial charge is 0.507 e. The summed E-state index contributed by atoms with van der Waals surface area (Å²) in [5.74, 6) is -0.651. The quantitative estimate of drug-likeness (QED) is 0.289. The maximum Gasteiger partial charge on any atom is 0.295 e. The number of nitrogens with one attached hydrogen (secondary N) is 1. The third kappa shape index (κ3) is 5.94. The van der Waals surface area contributed by atoms with Crippen molar-refractivity contribution < 1.29 is 29.1 Å². The molecule has 2 saturated heterocycles. The van der Waals surface area contributed by atoms with Crippen molar-refractivity contribution in [2.75, 3.05) is 46.0 Å². The molecule has 2 heterocycles. The number of carbonyl (C=O) groups excluding carboxylic acids is 2. The number of ether oxygens (including phenoxy) is 2. The first-order valence-corrected chi connectivity index (χ1v) is 13.0. The number of hydrogen-bond acceptors (Lipinski definition) is 5. The van der Waals surface area contributed by atoms with E-state index >= 15 is 0 Å². The van der Waals surface area contributed by atoms with Gasteiger partial charge < -0.3 is 24.4 Å². The summed E-state index contributed by atoms with van der Waals surface area (Å²) < 4.78 is 12.0. The Kier molecular flexibility index (Phi) is 8.59. The first kappa shape index (κ1) is 25.4. The second-order valence-corrected chi connectivity index (χ2v) is 9.80. The zero-order valence-electron chi connectivity index (χ0n) is 20.0. The standard InChI is InChI=1S/C27H31BrN2O5/c1-2-16-35-22-10-6-19(7-11-22)24-23(25(31)20-4-8-21(28)9-5-20)26(32)27(33)30(24)13-3-12-29-14-17-34-18-15-29/h4-11,24,31H,2-3,12-18H2,1H3/p+1/t24-/m0/s1. The molecule has 0 saturated carbocycles. The average molecular weight is 544 g/mol. The Morgan fingerprint density at radius 2 is 1.80 bits per heavy atom. The molecule has 1 amide bonds. The molecule has 0 aromatic heterocycles. The number of aliphatic hydroxyl groups excluding tert-OH is 1. The molecule has 2 aromatic rings. The molecule has 0 radical (unpaired) electrons. The molecule has 35 heavy (non-hydrogen) atoms. The molecular formula is C27H32BrN2O5+. The molecule has 0 bridgehead atoms. The number of nitrogens with zero attached hydrogens (tertiary/aromatic N) is 1. The summed E-state index contributed by atoms with van der Waals surface area (Å²) in [7, 11) is 0. The maximum atomic E-state index is 13.2. The van der Waals surface area contributed by atoms with E-state index in [1.807, 2.05) is 31.2 Å². The average Bonchev–Trinajstić information content (AvgIpc) is 3.13. The summed E-state index contributed by atoms with van der Waals surface area (Å²) in [5.41, 5.74) is 1.39. The zero-order valence-corrected chi connectivity index (χ0v) is 21.6. The van der Waals surface area contributed by atoms with Crippen molar-refractivity contribution in [3.8, 4) is 5.75 Å². The van der Waals surface area contributed by atoms with E-state index in [9.17, 15) is 14.7 Å².